The number of para-hydroxylation sites is 1. The second kappa shape index (κ2) is 9.58. The molecule has 1 saturated carbocycles. The van der Waals surface area contributed by atoms with Gasteiger partial charge in [-0.15, -0.1) is 0 Å². The van der Waals surface area contributed by atoms with Crippen LogP contribution in [0.25, 0.3) is 0 Å². The zero-order chi connectivity index (χ0) is 19.2. The molecule has 5 N–H and O–H groups in total. The second-order valence-corrected chi connectivity index (χ2v) is 8.03. The van der Waals surface area contributed by atoms with E-state index in [4.69, 9.17) is 10.4 Å². The zero-order valence-corrected chi connectivity index (χ0v) is 16.2. The maximum Gasteiger partial charge on any atom is 0.547 e. The molecule has 3 rings (SSSR count). The highest BCUT2D eigenvalue weighted by atomic mass is 16.5. The van der Waals surface area contributed by atoms with Crippen molar-refractivity contribution in [2.45, 2.75) is 51.4 Å². The predicted molar refractivity (Wildman–Crippen MR) is 107 cm³/mol. The maximum atomic E-state index is 12.5. The lowest BCUT2D eigenvalue weighted by Gasteiger charge is -2.31. The highest BCUT2D eigenvalue weighted by Gasteiger charge is 2.36. The van der Waals surface area contributed by atoms with Crippen molar-refractivity contribution < 1.29 is 14.5 Å². The Morgan fingerprint density at radius 3 is 2.78 bits per heavy atom. The van der Waals surface area contributed by atoms with Gasteiger partial charge in [0.2, 0.25) is 5.91 Å². The number of rotatable bonds is 7. The number of carbonyl (C=O) groups is 1. The molecular formula is C20H32BN3O3. The average Bonchev–Trinajstić information content (AvgIpc) is 2.65. The highest BCUT2D eigenvalue weighted by molar-refractivity contribution is 6.46. The van der Waals surface area contributed by atoms with Crippen LogP contribution in [0.2, 0.25) is 0 Å². The Hall–Kier alpha value is -1.57. The van der Waals surface area contributed by atoms with E-state index in [0.717, 1.165) is 55.6 Å². The van der Waals surface area contributed by atoms with Crippen LogP contribution in [-0.2, 0) is 11.2 Å². The van der Waals surface area contributed by atoms with Crippen molar-refractivity contribution in [3.63, 3.8) is 0 Å². The van der Waals surface area contributed by atoms with E-state index in [1.807, 2.05) is 25.1 Å². The first-order valence-corrected chi connectivity index (χ1v) is 10.2. The summed E-state index contributed by atoms with van der Waals surface area (Å²) in [5.74, 6) is 1.51. The van der Waals surface area contributed by atoms with Crippen LogP contribution in [0.15, 0.2) is 18.2 Å². The number of aryl methyl sites for hydroxylation is 1. The van der Waals surface area contributed by atoms with Gasteiger partial charge in [-0.25, -0.2) is 0 Å². The van der Waals surface area contributed by atoms with Gasteiger partial charge in [0.1, 0.15) is 5.75 Å². The molecule has 0 radical (unpaired) electrons. The van der Waals surface area contributed by atoms with E-state index in [1.165, 1.54) is 0 Å². The molecule has 1 aromatic carbocycles. The third-order valence-corrected chi connectivity index (χ3v) is 5.86. The summed E-state index contributed by atoms with van der Waals surface area (Å²) in [5.41, 5.74) is 7.55. The number of hydrogen-bond donors (Lipinski definition) is 4. The molecule has 0 bridgehead atoms. The van der Waals surface area contributed by atoms with E-state index in [1.54, 1.807) is 0 Å². The lowest BCUT2D eigenvalue weighted by Crippen LogP contribution is -2.53. The van der Waals surface area contributed by atoms with Gasteiger partial charge in [-0.1, -0.05) is 18.2 Å². The van der Waals surface area contributed by atoms with E-state index < -0.39 is 7.12 Å². The number of hydrogen-bond acceptors (Lipinski definition) is 5. The van der Waals surface area contributed by atoms with Crippen LogP contribution in [0.1, 0.15) is 43.2 Å². The molecule has 1 amide bonds. The van der Waals surface area contributed by atoms with Crippen LogP contribution in [0, 0.1) is 18.8 Å². The van der Waals surface area contributed by atoms with Gasteiger partial charge in [-0.05, 0) is 68.5 Å². The molecule has 1 aliphatic carbocycles. The summed E-state index contributed by atoms with van der Waals surface area (Å²) in [6.07, 6.45) is 5.65. The molecule has 148 valence electrons. The number of amides is 1. The Morgan fingerprint density at radius 1 is 1.30 bits per heavy atom. The molecule has 1 fully saturated rings. The van der Waals surface area contributed by atoms with Crippen molar-refractivity contribution in [1.29, 1.82) is 0 Å². The number of nitrogens with one attached hydrogen (secondary N) is 2. The van der Waals surface area contributed by atoms with Crippen LogP contribution >= 0.6 is 0 Å². The van der Waals surface area contributed by atoms with E-state index in [0.29, 0.717) is 31.2 Å². The minimum atomic E-state index is -0.994. The van der Waals surface area contributed by atoms with Crippen molar-refractivity contribution in [3.8, 4) is 5.75 Å². The summed E-state index contributed by atoms with van der Waals surface area (Å²) in [7, 11) is -0.994. The van der Waals surface area contributed by atoms with Crippen molar-refractivity contribution >= 4 is 13.0 Å². The Labute approximate surface area is 162 Å². The normalized spacial score (nSPS) is 24.9. The standard InChI is InChI=1S/C20H32BN3O3/c1-14-3-2-4-17-12-18(21(26)27-20(14)17)24-19(25)11-15-5-7-16(8-6-15)13-23-10-9-22/h2-4,15-16,18,23,26H,5-13,22H2,1H3,(H,24,25)/t15?,16?,18-/m0/s1. The zero-order valence-electron chi connectivity index (χ0n) is 16.2. The van der Waals surface area contributed by atoms with Gasteiger partial charge in [0.05, 0.1) is 5.94 Å². The maximum absolute atomic E-state index is 12.5. The molecule has 0 spiro atoms. The summed E-state index contributed by atoms with van der Waals surface area (Å²) in [5, 5.41) is 16.7. The minimum Gasteiger partial charge on any atom is -0.534 e. The molecule has 7 heteroatoms. The molecule has 6 nitrogen and oxygen atoms in total. The molecule has 0 saturated heterocycles. The summed E-state index contributed by atoms with van der Waals surface area (Å²) in [4.78, 5) is 12.5. The van der Waals surface area contributed by atoms with Gasteiger partial charge in [-0.3, -0.25) is 4.79 Å². The van der Waals surface area contributed by atoms with E-state index in [-0.39, 0.29) is 11.8 Å². The first kappa shape index (κ1) is 20.2. The molecule has 27 heavy (non-hydrogen) atoms. The highest BCUT2D eigenvalue weighted by Crippen LogP contribution is 2.31. The molecular weight excluding hydrogens is 341 g/mol. The lowest BCUT2D eigenvalue weighted by molar-refractivity contribution is -0.122. The van der Waals surface area contributed by atoms with Crippen molar-refractivity contribution in [3.05, 3.63) is 29.3 Å². The summed E-state index contributed by atoms with van der Waals surface area (Å²) >= 11 is 0. The van der Waals surface area contributed by atoms with Crippen LogP contribution in [0.4, 0.5) is 0 Å². The first-order valence-electron chi connectivity index (χ1n) is 10.2. The van der Waals surface area contributed by atoms with Gasteiger partial charge < -0.3 is 26.0 Å². The van der Waals surface area contributed by atoms with Crippen LogP contribution in [0.3, 0.4) is 0 Å². The quantitative estimate of drug-likeness (QED) is 0.425. The molecule has 1 heterocycles. The Balaban J connectivity index is 1.43. The fourth-order valence-corrected chi connectivity index (χ4v) is 4.28. The Kier molecular flexibility index (Phi) is 7.16. The van der Waals surface area contributed by atoms with E-state index >= 15 is 0 Å². The topological polar surface area (TPSA) is 96.6 Å². The molecule has 1 aliphatic heterocycles. The monoisotopic (exact) mass is 373 g/mol. The number of benzene rings is 1. The molecule has 1 aromatic rings. The minimum absolute atomic E-state index is 0.0171. The summed E-state index contributed by atoms with van der Waals surface area (Å²) in [6.45, 7) is 4.54. The number of nitrogens with two attached hydrogens (primary N) is 1. The molecule has 1 atom stereocenters. The first-order chi connectivity index (χ1) is 13.1. The van der Waals surface area contributed by atoms with E-state index in [2.05, 4.69) is 10.6 Å². The van der Waals surface area contributed by atoms with Gasteiger partial charge in [0.25, 0.3) is 0 Å². The molecule has 0 unspecified atom stereocenters. The van der Waals surface area contributed by atoms with Crippen molar-refractivity contribution in [2.75, 3.05) is 19.6 Å². The van der Waals surface area contributed by atoms with Gasteiger partial charge in [0.15, 0.2) is 0 Å². The van der Waals surface area contributed by atoms with Gasteiger partial charge in [-0.2, -0.15) is 0 Å². The summed E-state index contributed by atoms with van der Waals surface area (Å²) in [6, 6.07) is 5.94. The SMILES string of the molecule is Cc1cccc2c1OB(O)[C@@H](NC(=O)CC1CCC(CNCCN)CC1)C2. The third-order valence-electron chi connectivity index (χ3n) is 5.86. The molecule has 0 aromatic heterocycles. The van der Waals surface area contributed by atoms with Crippen molar-refractivity contribution in [2.24, 2.45) is 17.6 Å². The van der Waals surface area contributed by atoms with Crippen LogP contribution in [-0.4, -0.2) is 43.6 Å². The van der Waals surface area contributed by atoms with Crippen LogP contribution < -0.4 is 21.0 Å². The second-order valence-electron chi connectivity index (χ2n) is 8.03. The average molecular weight is 373 g/mol. The van der Waals surface area contributed by atoms with Crippen molar-refractivity contribution in [1.82, 2.24) is 10.6 Å². The molecule has 2 aliphatic rings. The van der Waals surface area contributed by atoms with Crippen LogP contribution in [0.5, 0.6) is 5.75 Å². The number of carbonyl (C=O) groups excluding carboxylic acids is 1. The summed E-state index contributed by atoms with van der Waals surface area (Å²) < 4.78 is 5.65. The van der Waals surface area contributed by atoms with E-state index in [9.17, 15) is 9.82 Å². The van der Waals surface area contributed by atoms with Gasteiger partial charge in [0, 0.05) is 19.5 Å². The smallest absolute Gasteiger partial charge is 0.534 e. The number of fused-ring (bicyclic) bond motifs is 1. The van der Waals surface area contributed by atoms with Gasteiger partial charge >= 0.3 is 7.12 Å². The fraction of sp³-hybridized carbons (Fsp3) is 0.650. The predicted octanol–water partition coefficient (Wildman–Crippen LogP) is 1.18. The largest absolute Gasteiger partial charge is 0.547 e. The fourth-order valence-electron chi connectivity index (χ4n) is 4.28. The lowest BCUT2D eigenvalue weighted by atomic mass is 9.72. The Bertz CT molecular complexity index is 635. The third kappa shape index (κ3) is 5.47. The Morgan fingerprint density at radius 2 is 2.04 bits per heavy atom.